The molecule has 7 heteroatoms. The van der Waals surface area contributed by atoms with Crippen molar-refractivity contribution in [3.8, 4) is 0 Å². The van der Waals surface area contributed by atoms with Crippen molar-refractivity contribution in [1.29, 1.82) is 0 Å². The fraction of sp³-hybridized carbons (Fsp3) is 0.115. The smallest absolute Gasteiger partial charge is 0.251 e. The first-order chi connectivity index (χ1) is 16.0. The van der Waals surface area contributed by atoms with Crippen molar-refractivity contribution in [2.45, 2.75) is 13.0 Å². The van der Waals surface area contributed by atoms with E-state index in [1.54, 1.807) is 37.4 Å². The number of anilines is 1. The molecule has 0 aliphatic rings. The largest absolute Gasteiger partial charge is 0.355 e. The van der Waals surface area contributed by atoms with Gasteiger partial charge in [-0.05, 0) is 46.7 Å². The predicted octanol–water partition coefficient (Wildman–Crippen LogP) is 3.80. The second-order valence-corrected chi connectivity index (χ2v) is 7.46. The van der Waals surface area contributed by atoms with E-state index in [0.717, 1.165) is 16.3 Å². The van der Waals surface area contributed by atoms with Crippen LogP contribution in [0.1, 0.15) is 33.0 Å². The number of aromatic nitrogens is 2. The Morgan fingerprint density at radius 2 is 1.61 bits per heavy atom. The number of amides is 2. The first-order valence-electron chi connectivity index (χ1n) is 10.5. The number of hydrogen-bond donors (Lipinski definition) is 1. The molecule has 0 bridgehead atoms. The molecule has 164 valence electrons. The Kier molecular flexibility index (Phi) is 6.50. The van der Waals surface area contributed by atoms with E-state index in [-0.39, 0.29) is 24.7 Å². The van der Waals surface area contributed by atoms with Crippen LogP contribution in [0.3, 0.4) is 0 Å². The number of carbonyl (C=O) groups excluding carboxylic acids is 3. The maximum atomic E-state index is 13.3. The van der Waals surface area contributed by atoms with Crippen LogP contribution in [0.2, 0.25) is 0 Å². The summed E-state index contributed by atoms with van der Waals surface area (Å²) in [6, 6.07) is 22.3. The molecule has 0 saturated carbocycles. The van der Waals surface area contributed by atoms with Gasteiger partial charge >= 0.3 is 0 Å². The summed E-state index contributed by atoms with van der Waals surface area (Å²) < 4.78 is 0. The fourth-order valence-corrected chi connectivity index (χ4v) is 3.56. The fourth-order valence-electron chi connectivity index (χ4n) is 3.56. The van der Waals surface area contributed by atoms with E-state index in [0.29, 0.717) is 11.3 Å². The van der Waals surface area contributed by atoms with Gasteiger partial charge in [-0.2, -0.15) is 0 Å². The Labute approximate surface area is 191 Å². The first-order valence-corrected chi connectivity index (χ1v) is 10.5. The van der Waals surface area contributed by atoms with Crippen molar-refractivity contribution in [2.75, 3.05) is 11.9 Å². The van der Waals surface area contributed by atoms with Crippen molar-refractivity contribution in [1.82, 2.24) is 15.3 Å². The second kappa shape index (κ2) is 9.82. The van der Waals surface area contributed by atoms with Crippen LogP contribution in [-0.4, -0.2) is 34.6 Å². The molecule has 0 unspecified atom stereocenters. The SMILES string of the molecule is CNC(=O)c1cccc(N(Cc2ccc3ccccc3c2)C(=O)CC(=O)c2ncccn2)c1. The highest BCUT2D eigenvalue weighted by Gasteiger charge is 2.22. The lowest BCUT2D eigenvalue weighted by Gasteiger charge is -2.23. The molecule has 1 heterocycles. The second-order valence-electron chi connectivity index (χ2n) is 7.46. The summed E-state index contributed by atoms with van der Waals surface area (Å²) in [4.78, 5) is 47.4. The Morgan fingerprint density at radius 1 is 0.848 bits per heavy atom. The zero-order valence-corrected chi connectivity index (χ0v) is 18.1. The van der Waals surface area contributed by atoms with Gasteiger partial charge in [-0.15, -0.1) is 0 Å². The molecule has 1 aromatic heterocycles. The van der Waals surface area contributed by atoms with E-state index >= 15 is 0 Å². The number of fused-ring (bicyclic) bond motifs is 1. The minimum absolute atomic E-state index is 0.00406. The number of rotatable bonds is 7. The molecule has 0 fully saturated rings. The first kappa shape index (κ1) is 21.8. The Bertz CT molecular complexity index is 1320. The number of hydrogen-bond acceptors (Lipinski definition) is 5. The van der Waals surface area contributed by atoms with Crippen LogP contribution in [-0.2, 0) is 11.3 Å². The van der Waals surface area contributed by atoms with E-state index in [2.05, 4.69) is 15.3 Å². The van der Waals surface area contributed by atoms with E-state index in [9.17, 15) is 14.4 Å². The summed E-state index contributed by atoms with van der Waals surface area (Å²) in [6.45, 7) is 0.240. The lowest BCUT2D eigenvalue weighted by molar-refractivity contribution is -0.117. The summed E-state index contributed by atoms with van der Waals surface area (Å²) in [6.07, 6.45) is 2.54. The minimum atomic E-state index is -0.466. The quantitative estimate of drug-likeness (QED) is 0.350. The summed E-state index contributed by atoms with van der Waals surface area (Å²) in [7, 11) is 1.55. The van der Waals surface area contributed by atoms with Crippen LogP contribution >= 0.6 is 0 Å². The van der Waals surface area contributed by atoms with E-state index in [1.165, 1.54) is 17.3 Å². The Balaban J connectivity index is 1.67. The maximum absolute atomic E-state index is 13.3. The van der Waals surface area contributed by atoms with Gasteiger partial charge in [0.2, 0.25) is 11.7 Å². The van der Waals surface area contributed by atoms with Crippen molar-refractivity contribution >= 4 is 34.1 Å². The Morgan fingerprint density at radius 3 is 2.36 bits per heavy atom. The molecule has 0 atom stereocenters. The summed E-state index contributed by atoms with van der Waals surface area (Å²) >= 11 is 0. The zero-order valence-electron chi connectivity index (χ0n) is 18.1. The van der Waals surface area contributed by atoms with Gasteiger partial charge in [-0.1, -0.05) is 42.5 Å². The lowest BCUT2D eigenvalue weighted by atomic mass is 10.1. The maximum Gasteiger partial charge on any atom is 0.251 e. The number of nitrogens with one attached hydrogen (secondary N) is 1. The summed E-state index contributed by atoms with van der Waals surface area (Å²) in [5, 5.41) is 4.73. The third-order valence-electron chi connectivity index (χ3n) is 5.23. The van der Waals surface area contributed by atoms with Gasteiger partial charge < -0.3 is 10.2 Å². The minimum Gasteiger partial charge on any atom is -0.355 e. The van der Waals surface area contributed by atoms with E-state index in [1.807, 2.05) is 42.5 Å². The van der Waals surface area contributed by atoms with Crippen molar-refractivity contribution in [2.24, 2.45) is 0 Å². The third kappa shape index (κ3) is 5.10. The normalized spacial score (nSPS) is 10.6. The zero-order chi connectivity index (χ0) is 23.2. The van der Waals surface area contributed by atoms with Crippen molar-refractivity contribution in [3.05, 3.63) is 102 Å². The van der Waals surface area contributed by atoms with Crippen LogP contribution in [0.5, 0.6) is 0 Å². The van der Waals surface area contributed by atoms with Gasteiger partial charge in [-0.25, -0.2) is 9.97 Å². The van der Waals surface area contributed by atoms with Gasteiger partial charge in [-0.3, -0.25) is 14.4 Å². The van der Waals surface area contributed by atoms with E-state index in [4.69, 9.17) is 0 Å². The van der Waals surface area contributed by atoms with Gasteiger partial charge in [0.15, 0.2) is 5.82 Å². The van der Waals surface area contributed by atoms with Crippen molar-refractivity contribution in [3.63, 3.8) is 0 Å². The standard InChI is InChI=1S/C26H22N4O3/c1-27-26(33)21-8-4-9-22(15-21)30(24(32)16-23(31)25-28-12-5-13-29-25)17-18-10-11-19-6-2-3-7-20(19)14-18/h2-15H,16-17H2,1H3,(H,27,33). The molecule has 1 N–H and O–H groups in total. The summed E-state index contributed by atoms with van der Waals surface area (Å²) in [5.41, 5.74) is 1.84. The average molecular weight is 438 g/mol. The molecule has 33 heavy (non-hydrogen) atoms. The number of nitrogens with zero attached hydrogens (tertiary/aromatic N) is 3. The predicted molar refractivity (Wildman–Crippen MR) is 126 cm³/mol. The monoisotopic (exact) mass is 438 g/mol. The highest BCUT2D eigenvalue weighted by atomic mass is 16.2. The molecule has 4 aromatic rings. The van der Waals surface area contributed by atoms with Crippen LogP contribution in [0.15, 0.2) is 85.2 Å². The number of ketones is 1. The van der Waals surface area contributed by atoms with Gasteiger partial charge in [0.1, 0.15) is 0 Å². The Hall–Kier alpha value is -4.39. The number of benzene rings is 3. The molecule has 0 aliphatic heterocycles. The van der Waals surface area contributed by atoms with Crippen LogP contribution in [0.4, 0.5) is 5.69 Å². The van der Waals surface area contributed by atoms with Crippen LogP contribution in [0, 0.1) is 0 Å². The molecule has 0 aliphatic carbocycles. The molecule has 0 saturated heterocycles. The molecule has 4 rings (SSSR count). The highest BCUT2D eigenvalue weighted by molar-refractivity contribution is 6.10. The topological polar surface area (TPSA) is 92.3 Å². The lowest BCUT2D eigenvalue weighted by Crippen LogP contribution is -2.32. The van der Waals surface area contributed by atoms with E-state index < -0.39 is 11.7 Å². The van der Waals surface area contributed by atoms with Crippen LogP contribution < -0.4 is 10.2 Å². The molecule has 3 aromatic carbocycles. The molecule has 0 radical (unpaired) electrons. The van der Waals surface area contributed by atoms with Crippen LogP contribution in [0.25, 0.3) is 10.8 Å². The van der Waals surface area contributed by atoms with Crippen molar-refractivity contribution < 1.29 is 14.4 Å². The molecular formula is C26H22N4O3. The highest BCUT2D eigenvalue weighted by Crippen LogP contribution is 2.23. The van der Waals surface area contributed by atoms with Gasteiger partial charge in [0.05, 0.1) is 13.0 Å². The van der Waals surface area contributed by atoms with Gasteiger partial charge in [0, 0.05) is 30.7 Å². The summed E-state index contributed by atoms with van der Waals surface area (Å²) in [5.74, 6) is -1.14. The molecular weight excluding hydrogens is 416 g/mol. The molecule has 0 spiro atoms. The number of carbonyl (C=O) groups is 3. The van der Waals surface area contributed by atoms with Gasteiger partial charge in [0.25, 0.3) is 5.91 Å². The number of Topliss-reactive ketones (excluding diaryl/α,β-unsaturated/α-hetero) is 1. The average Bonchev–Trinajstić information content (AvgIpc) is 2.87. The molecule has 2 amide bonds. The third-order valence-corrected chi connectivity index (χ3v) is 5.23. The molecule has 7 nitrogen and oxygen atoms in total.